The number of halogens is 1. The number of fused-ring (bicyclic) bond motifs is 1. The molecular weight excluding hydrogens is 192 g/mol. The van der Waals surface area contributed by atoms with Gasteiger partial charge in [0.25, 0.3) is 0 Å². The van der Waals surface area contributed by atoms with Gasteiger partial charge in [-0.05, 0) is 6.07 Å². The largest absolute Gasteiger partial charge is 0.476 e. The number of imidazole rings is 1. The molecule has 66 valence electrons. The maximum absolute atomic E-state index is 10.5. The van der Waals surface area contributed by atoms with Gasteiger partial charge in [-0.2, -0.15) is 0 Å². The molecular formula is C8H5ClN2O2. The van der Waals surface area contributed by atoms with Gasteiger partial charge in [0, 0.05) is 23.5 Å². The van der Waals surface area contributed by atoms with Crippen LogP contribution in [-0.4, -0.2) is 20.5 Å². The van der Waals surface area contributed by atoms with Crippen molar-refractivity contribution in [2.75, 3.05) is 0 Å². The highest BCUT2D eigenvalue weighted by atomic mass is 35.5. The summed E-state index contributed by atoms with van der Waals surface area (Å²) in [6, 6.07) is 3.27. The first-order valence-corrected chi connectivity index (χ1v) is 3.92. The third kappa shape index (κ3) is 1.36. The lowest BCUT2D eigenvalue weighted by Gasteiger charge is -1.90. The van der Waals surface area contributed by atoms with E-state index in [0.717, 1.165) is 0 Å². The summed E-state index contributed by atoms with van der Waals surface area (Å²) in [6.07, 6.45) is 3.10. The Hall–Kier alpha value is -1.55. The predicted molar refractivity (Wildman–Crippen MR) is 47.2 cm³/mol. The molecule has 0 bridgehead atoms. The van der Waals surface area contributed by atoms with E-state index in [2.05, 4.69) is 4.98 Å². The fourth-order valence-electron chi connectivity index (χ4n) is 1.06. The van der Waals surface area contributed by atoms with E-state index in [-0.39, 0.29) is 5.69 Å². The van der Waals surface area contributed by atoms with Crippen LogP contribution in [0.2, 0.25) is 5.02 Å². The number of hydrogen-bond donors (Lipinski definition) is 1. The van der Waals surface area contributed by atoms with E-state index in [0.29, 0.717) is 10.7 Å². The summed E-state index contributed by atoms with van der Waals surface area (Å²) in [6.45, 7) is 0. The van der Waals surface area contributed by atoms with Crippen molar-refractivity contribution in [3.05, 3.63) is 35.2 Å². The van der Waals surface area contributed by atoms with Crippen LogP contribution in [-0.2, 0) is 0 Å². The maximum Gasteiger partial charge on any atom is 0.356 e. The molecule has 0 aliphatic carbocycles. The Kier molecular flexibility index (Phi) is 1.70. The first-order chi connectivity index (χ1) is 6.16. The van der Waals surface area contributed by atoms with Crippen molar-refractivity contribution in [2.24, 2.45) is 0 Å². The van der Waals surface area contributed by atoms with Crippen molar-refractivity contribution in [2.45, 2.75) is 0 Å². The summed E-state index contributed by atoms with van der Waals surface area (Å²) in [5, 5.41) is 9.18. The molecule has 2 heterocycles. The Morgan fingerprint density at radius 2 is 2.38 bits per heavy atom. The SMILES string of the molecule is O=C(O)c1cn2ccc(Cl)cc2n1. The summed E-state index contributed by atoms with van der Waals surface area (Å²) in [4.78, 5) is 14.4. The lowest BCUT2D eigenvalue weighted by atomic mass is 10.5. The van der Waals surface area contributed by atoms with Crippen molar-refractivity contribution < 1.29 is 9.90 Å². The van der Waals surface area contributed by atoms with E-state index in [1.807, 2.05) is 0 Å². The van der Waals surface area contributed by atoms with Gasteiger partial charge in [0.2, 0.25) is 0 Å². The molecule has 0 amide bonds. The number of carboxylic acid groups (broad SMARTS) is 1. The topological polar surface area (TPSA) is 54.6 Å². The van der Waals surface area contributed by atoms with Gasteiger partial charge in [-0.15, -0.1) is 0 Å². The van der Waals surface area contributed by atoms with Crippen molar-refractivity contribution in [1.82, 2.24) is 9.38 Å². The minimum absolute atomic E-state index is 0.0160. The molecule has 1 N–H and O–H groups in total. The summed E-state index contributed by atoms with van der Waals surface area (Å²) in [7, 11) is 0. The number of rotatable bonds is 1. The number of pyridine rings is 1. The normalized spacial score (nSPS) is 10.5. The molecule has 0 atom stereocenters. The van der Waals surface area contributed by atoms with E-state index in [4.69, 9.17) is 16.7 Å². The standard InChI is InChI=1S/C8H5ClN2O2/c9-5-1-2-11-4-6(8(12)13)10-7(11)3-5/h1-4H,(H,12,13). The van der Waals surface area contributed by atoms with Gasteiger partial charge in [0.05, 0.1) is 0 Å². The van der Waals surface area contributed by atoms with E-state index < -0.39 is 5.97 Å². The molecule has 13 heavy (non-hydrogen) atoms. The molecule has 0 unspecified atom stereocenters. The zero-order valence-electron chi connectivity index (χ0n) is 6.44. The van der Waals surface area contributed by atoms with Gasteiger partial charge in [-0.25, -0.2) is 9.78 Å². The second-order valence-corrected chi connectivity index (χ2v) is 2.98. The second-order valence-electron chi connectivity index (χ2n) is 2.54. The average molecular weight is 197 g/mol. The molecule has 0 aliphatic rings. The Bertz CT molecular complexity index is 478. The number of aromatic carboxylic acids is 1. The lowest BCUT2D eigenvalue weighted by molar-refractivity contribution is 0.0691. The highest BCUT2D eigenvalue weighted by Crippen LogP contribution is 2.12. The molecule has 5 heteroatoms. The summed E-state index contributed by atoms with van der Waals surface area (Å²) in [5.41, 5.74) is 0.548. The van der Waals surface area contributed by atoms with E-state index in [1.165, 1.54) is 6.20 Å². The quantitative estimate of drug-likeness (QED) is 0.755. The zero-order valence-corrected chi connectivity index (χ0v) is 7.19. The average Bonchev–Trinajstić information content (AvgIpc) is 2.46. The van der Waals surface area contributed by atoms with Crippen LogP contribution in [0.5, 0.6) is 0 Å². The van der Waals surface area contributed by atoms with Gasteiger partial charge in [0.15, 0.2) is 5.69 Å². The highest BCUT2D eigenvalue weighted by Gasteiger charge is 2.07. The van der Waals surface area contributed by atoms with E-state index >= 15 is 0 Å². The minimum atomic E-state index is -1.04. The van der Waals surface area contributed by atoms with Crippen LogP contribution in [0.4, 0.5) is 0 Å². The van der Waals surface area contributed by atoms with Crippen LogP contribution in [0.1, 0.15) is 10.5 Å². The fraction of sp³-hybridized carbons (Fsp3) is 0. The van der Waals surface area contributed by atoms with Crippen molar-refractivity contribution in [3.8, 4) is 0 Å². The molecule has 0 spiro atoms. The van der Waals surface area contributed by atoms with E-state index in [9.17, 15) is 4.79 Å². The van der Waals surface area contributed by atoms with Crippen molar-refractivity contribution in [1.29, 1.82) is 0 Å². The van der Waals surface area contributed by atoms with Crippen LogP contribution in [0.15, 0.2) is 24.5 Å². The summed E-state index contributed by atoms with van der Waals surface area (Å²) >= 11 is 5.71. The Morgan fingerprint density at radius 3 is 3.08 bits per heavy atom. The number of aromatic nitrogens is 2. The Morgan fingerprint density at radius 1 is 1.62 bits per heavy atom. The minimum Gasteiger partial charge on any atom is -0.476 e. The first-order valence-electron chi connectivity index (χ1n) is 3.54. The molecule has 0 aromatic carbocycles. The van der Waals surface area contributed by atoms with Gasteiger partial charge >= 0.3 is 5.97 Å². The fourth-order valence-corrected chi connectivity index (χ4v) is 1.21. The number of nitrogens with zero attached hydrogens (tertiary/aromatic N) is 2. The van der Waals surface area contributed by atoms with Gasteiger partial charge in [-0.1, -0.05) is 11.6 Å². The molecule has 0 fully saturated rings. The van der Waals surface area contributed by atoms with Crippen LogP contribution in [0, 0.1) is 0 Å². The summed E-state index contributed by atoms with van der Waals surface area (Å²) in [5.74, 6) is -1.04. The third-order valence-electron chi connectivity index (χ3n) is 1.64. The third-order valence-corrected chi connectivity index (χ3v) is 1.88. The molecule has 4 nitrogen and oxygen atoms in total. The predicted octanol–water partition coefficient (Wildman–Crippen LogP) is 1.69. The molecule has 0 saturated heterocycles. The van der Waals surface area contributed by atoms with Crippen LogP contribution in [0.25, 0.3) is 5.65 Å². The number of carboxylic acids is 1. The zero-order chi connectivity index (χ0) is 9.42. The highest BCUT2D eigenvalue weighted by molar-refractivity contribution is 6.30. The number of carbonyl (C=O) groups is 1. The van der Waals surface area contributed by atoms with Crippen LogP contribution in [0.3, 0.4) is 0 Å². The van der Waals surface area contributed by atoms with Crippen molar-refractivity contribution >= 4 is 23.2 Å². The van der Waals surface area contributed by atoms with Crippen LogP contribution >= 0.6 is 11.6 Å². The van der Waals surface area contributed by atoms with E-state index in [1.54, 1.807) is 22.7 Å². The van der Waals surface area contributed by atoms with Crippen LogP contribution < -0.4 is 0 Å². The molecule has 2 rings (SSSR count). The molecule has 2 aromatic rings. The lowest BCUT2D eigenvalue weighted by Crippen LogP contribution is -1.94. The Balaban J connectivity index is 2.68. The second kappa shape index (κ2) is 2.74. The maximum atomic E-state index is 10.5. The van der Waals surface area contributed by atoms with Gasteiger partial charge < -0.3 is 9.51 Å². The molecule has 2 aromatic heterocycles. The smallest absolute Gasteiger partial charge is 0.356 e. The molecule has 0 aliphatic heterocycles. The van der Waals surface area contributed by atoms with Gasteiger partial charge in [-0.3, -0.25) is 0 Å². The first kappa shape index (κ1) is 8.07. The monoisotopic (exact) mass is 196 g/mol. The Labute approximate surface area is 78.4 Å². The van der Waals surface area contributed by atoms with Gasteiger partial charge in [0.1, 0.15) is 5.65 Å². The number of hydrogen-bond acceptors (Lipinski definition) is 2. The molecule has 0 radical (unpaired) electrons. The summed E-state index contributed by atoms with van der Waals surface area (Å²) < 4.78 is 1.61. The van der Waals surface area contributed by atoms with Crippen molar-refractivity contribution in [3.63, 3.8) is 0 Å². The molecule has 0 saturated carbocycles.